The molecule has 0 radical (unpaired) electrons. The first-order valence-electron chi connectivity index (χ1n) is 5.64. The fourth-order valence-corrected chi connectivity index (χ4v) is 1.67. The van der Waals surface area contributed by atoms with E-state index in [0.717, 1.165) is 22.5 Å². The van der Waals surface area contributed by atoms with Gasteiger partial charge in [-0.2, -0.15) is 5.11 Å². The summed E-state index contributed by atoms with van der Waals surface area (Å²) >= 11 is 0. The molecule has 0 aliphatic carbocycles. The highest BCUT2D eigenvalue weighted by molar-refractivity contribution is 5.60. The van der Waals surface area contributed by atoms with E-state index in [-0.39, 0.29) is 5.75 Å². The van der Waals surface area contributed by atoms with Crippen molar-refractivity contribution in [2.75, 3.05) is 5.73 Å². The molecule has 2 aromatic rings. The van der Waals surface area contributed by atoms with Crippen molar-refractivity contribution in [3.05, 3.63) is 47.5 Å². The maximum Gasteiger partial charge on any atom is 0.143 e. The number of nitrogens with zero attached hydrogens (tertiary/aromatic N) is 2. The van der Waals surface area contributed by atoms with Gasteiger partial charge in [-0.05, 0) is 49.2 Å². The van der Waals surface area contributed by atoms with E-state index < -0.39 is 0 Å². The van der Waals surface area contributed by atoms with Gasteiger partial charge in [0.15, 0.2) is 0 Å². The molecule has 0 aliphatic heterocycles. The summed E-state index contributed by atoms with van der Waals surface area (Å²) in [6.45, 7) is 3.86. The highest BCUT2D eigenvalue weighted by Gasteiger charge is 2.01. The molecule has 4 heteroatoms. The molecule has 2 rings (SSSR count). The lowest BCUT2D eigenvalue weighted by Crippen LogP contribution is -1.92. The normalized spacial score (nSPS) is 11.0. The van der Waals surface area contributed by atoms with E-state index in [1.54, 1.807) is 24.3 Å². The molecule has 0 aromatic heterocycles. The van der Waals surface area contributed by atoms with E-state index >= 15 is 0 Å². The predicted molar refractivity (Wildman–Crippen MR) is 72.6 cm³/mol. The molecule has 4 nitrogen and oxygen atoms in total. The molecule has 0 unspecified atom stereocenters. The maximum absolute atomic E-state index is 9.57. The molecule has 0 heterocycles. The van der Waals surface area contributed by atoms with Crippen molar-refractivity contribution >= 4 is 17.1 Å². The topological polar surface area (TPSA) is 71.0 Å². The van der Waals surface area contributed by atoms with E-state index in [2.05, 4.69) is 10.2 Å². The number of rotatable bonds is 2. The van der Waals surface area contributed by atoms with Crippen LogP contribution in [-0.4, -0.2) is 5.11 Å². The van der Waals surface area contributed by atoms with E-state index in [1.165, 1.54) is 0 Å². The number of nitrogens with two attached hydrogens (primary N) is 1. The lowest BCUT2D eigenvalue weighted by atomic mass is 10.1. The third-order valence-electron chi connectivity index (χ3n) is 2.73. The molecule has 3 N–H and O–H groups in total. The molecule has 0 spiro atoms. The third-order valence-corrected chi connectivity index (χ3v) is 2.73. The molecule has 92 valence electrons. The van der Waals surface area contributed by atoms with Crippen molar-refractivity contribution in [3.8, 4) is 5.75 Å². The van der Waals surface area contributed by atoms with Gasteiger partial charge in [-0.1, -0.05) is 12.1 Å². The van der Waals surface area contributed by atoms with Gasteiger partial charge in [-0.3, -0.25) is 0 Å². The smallest absolute Gasteiger partial charge is 0.143 e. The molecule has 0 atom stereocenters. The number of phenolic OH excluding ortho intramolecular Hbond substituents is 1. The molecule has 18 heavy (non-hydrogen) atoms. The highest BCUT2D eigenvalue weighted by atomic mass is 16.3. The van der Waals surface area contributed by atoms with Gasteiger partial charge in [0.05, 0.1) is 5.69 Å². The average Bonchev–Trinajstić information content (AvgIpc) is 2.35. The van der Waals surface area contributed by atoms with Crippen LogP contribution in [-0.2, 0) is 0 Å². The minimum Gasteiger partial charge on any atom is -0.506 e. The number of anilines is 1. The Balaban J connectivity index is 2.33. The van der Waals surface area contributed by atoms with Crippen LogP contribution in [0.15, 0.2) is 46.6 Å². The van der Waals surface area contributed by atoms with Crippen LogP contribution in [0, 0.1) is 13.8 Å². The van der Waals surface area contributed by atoms with Crippen LogP contribution in [0.4, 0.5) is 17.1 Å². The molecule has 0 bridgehead atoms. The van der Waals surface area contributed by atoms with Crippen LogP contribution in [0.3, 0.4) is 0 Å². The van der Waals surface area contributed by atoms with Gasteiger partial charge in [-0.25, -0.2) is 0 Å². The van der Waals surface area contributed by atoms with Crippen LogP contribution >= 0.6 is 0 Å². The van der Waals surface area contributed by atoms with Crippen molar-refractivity contribution in [1.82, 2.24) is 0 Å². The van der Waals surface area contributed by atoms with Crippen LogP contribution in [0.1, 0.15) is 11.1 Å². The molecular formula is C14H15N3O. The molecule has 0 amide bonds. The number of para-hydroxylation sites is 1. The fourth-order valence-electron chi connectivity index (χ4n) is 1.67. The molecule has 2 aromatic carbocycles. The van der Waals surface area contributed by atoms with Crippen LogP contribution in [0.2, 0.25) is 0 Å². The summed E-state index contributed by atoms with van der Waals surface area (Å²) in [6.07, 6.45) is 0. The first kappa shape index (κ1) is 12.1. The SMILES string of the molecule is Cc1cc(N=Nc2ccccc2O)cc(C)c1N. The van der Waals surface area contributed by atoms with Gasteiger partial charge in [0.25, 0.3) is 0 Å². The Morgan fingerprint density at radius 3 is 2.22 bits per heavy atom. The first-order valence-corrected chi connectivity index (χ1v) is 5.64. The van der Waals surface area contributed by atoms with Crippen LogP contribution in [0.5, 0.6) is 5.75 Å². The quantitative estimate of drug-likeness (QED) is 0.616. The standard InChI is InChI=1S/C14H15N3O/c1-9-7-11(8-10(2)14(9)15)16-17-12-5-3-4-6-13(12)18/h3-8,18H,15H2,1-2H3. The minimum atomic E-state index is 0.116. The largest absolute Gasteiger partial charge is 0.506 e. The van der Waals surface area contributed by atoms with Crippen molar-refractivity contribution in [3.63, 3.8) is 0 Å². The number of azo groups is 1. The second-order valence-electron chi connectivity index (χ2n) is 4.18. The summed E-state index contributed by atoms with van der Waals surface area (Å²) in [7, 11) is 0. The second kappa shape index (κ2) is 4.87. The second-order valence-corrected chi connectivity index (χ2v) is 4.18. The monoisotopic (exact) mass is 241 g/mol. The van der Waals surface area contributed by atoms with Gasteiger partial charge in [-0.15, -0.1) is 5.11 Å². The van der Waals surface area contributed by atoms with E-state index in [9.17, 15) is 5.11 Å². The summed E-state index contributed by atoms with van der Waals surface area (Å²) in [6, 6.07) is 10.6. The Morgan fingerprint density at radius 2 is 1.61 bits per heavy atom. The van der Waals surface area contributed by atoms with Gasteiger partial charge in [0.1, 0.15) is 11.4 Å². The van der Waals surface area contributed by atoms with Crippen molar-refractivity contribution < 1.29 is 5.11 Å². The molecule has 0 saturated heterocycles. The molecule has 0 aliphatic rings. The molecule has 0 fully saturated rings. The van der Waals surface area contributed by atoms with Gasteiger partial charge < -0.3 is 10.8 Å². The Kier molecular flexibility index (Phi) is 3.28. The fraction of sp³-hybridized carbons (Fsp3) is 0.143. The Labute approximate surface area is 106 Å². The third kappa shape index (κ3) is 2.48. The summed E-state index contributed by atoms with van der Waals surface area (Å²) in [4.78, 5) is 0. The summed E-state index contributed by atoms with van der Waals surface area (Å²) in [5.74, 6) is 0.116. The van der Waals surface area contributed by atoms with E-state index in [1.807, 2.05) is 26.0 Å². The minimum absolute atomic E-state index is 0.116. The Hall–Kier alpha value is -2.36. The maximum atomic E-state index is 9.57. The van der Waals surface area contributed by atoms with E-state index in [4.69, 9.17) is 5.73 Å². The zero-order valence-corrected chi connectivity index (χ0v) is 10.4. The summed E-state index contributed by atoms with van der Waals surface area (Å²) in [5, 5.41) is 17.7. The number of aryl methyl sites for hydroxylation is 2. The summed E-state index contributed by atoms with van der Waals surface area (Å²) < 4.78 is 0. The van der Waals surface area contributed by atoms with Crippen LogP contribution < -0.4 is 5.73 Å². The Bertz CT molecular complexity index is 583. The van der Waals surface area contributed by atoms with Crippen molar-refractivity contribution in [2.45, 2.75) is 13.8 Å². The highest BCUT2D eigenvalue weighted by Crippen LogP contribution is 2.29. The van der Waals surface area contributed by atoms with Crippen LogP contribution in [0.25, 0.3) is 0 Å². The summed E-state index contributed by atoms with van der Waals surface area (Å²) in [5.41, 5.74) is 9.76. The zero-order chi connectivity index (χ0) is 13.1. The average molecular weight is 241 g/mol. The predicted octanol–water partition coefficient (Wildman–Crippen LogP) is 4.01. The van der Waals surface area contributed by atoms with Crippen molar-refractivity contribution in [1.29, 1.82) is 0 Å². The number of hydrogen-bond donors (Lipinski definition) is 2. The van der Waals surface area contributed by atoms with Gasteiger partial charge >= 0.3 is 0 Å². The lowest BCUT2D eigenvalue weighted by molar-refractivity contribution is 0.476. The number of hydrogen-bond acceptors (Lipinski definition) is 4. The zero-order valence-electron chi connectivity index (χ0n) is 10.4. The van der Waals surface area contributed by atoms with Gasteiger partial charge in [0.2, 0.25) is 0 Å². The lowest BCUT2D eigenvalue weighted by Gasteiger charge is -2.05. The molecular weight excluding hydrogens is 226 g/mol. The number of benzene rings is 2. The van der Waals surface area contributed by atoms with E-state index in [0.29, 0.717) is 5.69 Å². The Morgan fingerprint density at radius 1 is 1.00 bits per heavy atom. The first-order chi connectivity index (χ1) is 8.58. The van der Waals surface area contributed by atoms with Gasteiger partial charge in [0, 0.05) is 5.69 Å². The number of nitrogen functional groups attached to an aromatic ring is 1. The molecule has 0 saturated carbocycles. The number of phenols is 1. The van der Waals surface area contributed by atoms with Crippen molar-refractivity contribution in [2.24, 2.45) is 10.2 Å². The number of aromatic hydroxyl groups is 1.